The zero-order valence-electron chi connectivity index (χ0n) is 11.5. The normalized spacial score (nSPS) is 12.0. The van der Waals surface area contributed by atoms with E-state index in [-0.39, 0.29) is 23.2 Å². The van der Waals surface area contributed by atoms with Crippen LogP contribution in [0.25, 0.3) is 0 Å². The van der Waals surface area contributed by atoms with E-state index >= 15 is 0 Å². The molecule has 0 amide bonds. The predicted molar refractivity (Wildman–Crippen MR) is 76.9 cm³/mol. The van der Waals surface area contributed by atoms with Gasteiger partial charge in [0, 0.05) is 23.2 Å². The van der Waals surface area contributed by atoms with Crippen molar-refractivity contribution >= 4 is 8.32 Å². The van der Waals surface area contributed by atoms with E-state index < -0.39 is 8.32 Å². The first-order valence-corrected chi connectivity index (χ1v) is 9.46. The molecule has 0 N–H and O–H groups in total. The number of rotatable bonds is 3. The average molecular weight is 302 g/mol. The van der Waals surface area contributed by atoms with Gasteiger partial charge in [-0.1, -0.05) is 0 Å². The zero-order valence-corrected chi connectivity index (χ0v) is 13.6. The topological polar surface area (TPSA) is 9.23 Å². The molecule has 3 heteroatoms. The molecular weight excluding hydrogens is 280 g/mol. The fourth-order valence-corrected chi connectivity index (χ4v) is 2.78. The average Bonchev–Trinajstić information content (AvgIpc) is 2.93. The van der Waals surface area contributed by atoms with Crippen molar-refractivity contribution in [3.8, 4) is 0 Å². The summed E-state index contributed by atoms with van der Waals surface area (Å²) in [6.07, 6.45) is 0.256. The predicted octanol–water partition coefficient (Wildman–Crippen LogP) is 4.72. The van der Waals surface area contributed by atoms with Gasteiger partial charge in [-0.25, -0.2) is 12.1 Å². The molecule has 0 saturated carbocycles. The minimum atomic E-state index is -1.38. The maximum Gasteiger partial charge on any atom is 0.182 e. The van der Waals surface area contributed by atoms with Crippen molar-refractivity contribution in [1.29, 1.82) is 0 Å². The molecule has 2 rings (SSSR count). The van der Waals surface area contributed by atoms with Crippen LogP contribution in [0.4, 0.5) is 0 Å². The van der Waals surface area contributed by atoms with Crippen LogP contribution in [0.3, 0.4) is 0 Å². The van der Waals surface area contributed by atoms with E-state index in [1.54, 1.807) is 0 Å². The molecule has 0 aromatic heterocycles. The van der Waals surface area contributed by atoms with Crippen LogP contribution in [0.1, 0.15) is 18.6 Å². The molecule has 1 unspecified atom stereocenters. The van der Waals surface area contributed by atoms with Crippen molar-refractivity contribution in [1.82, 2.24) is 0 Å². The third-order valence-electron chi connectivity index (χ3n) is 2.24. The maximum atomic E-state index is 5.92. The summed E-state index contributed by atoms with van der Waals surface area (Å²) in [6.45, 7) is 8.76. The molecule has 0 saturated heterocycles. The van der Waals surface area contributed by atoms with Crippen molar-refractivity contribution in [3.05, 3.63) is 60.2 Å². The Morgan fingerprint density at radius 1 is 0.944 bits per heavy atom. The molecule has 0 spiro atoms. The van der Waals surface area contributed by atoms with E-state index in [9.17, 15) is 0 Å². The first-order valence-electron chi connectivity index (χ1n) is 6.05. The van der Waals surface area contributed by atoms with Crippen LogP contribution in [0.15, 0.2) is 54.6 Å². The molecule has 2 aromatic carbocycles. The molecule has 2 aromatic rings. The summed E-state index contributed by atoms with van der Waals surface area (Å²) in [5.41, 5.74) is 1.29. The van der Waals surface area contributed by atoms with Gasteiger partial charge in [0.2, 0.25) is 0 Å². The van der Waals surface area contributed by atoms with Crippen LogP contribution >= 0.6 is 0 Å². The minimum Gasteiger partial charge on any atom is -0.748 e. The second kappa shape index (κ2) is 8.49. The van der Waals surface area contributed by atoms with Crippen molar-refractivity contribution in [2.45, 2.75) is 32.7 Å². The van der Waals surface area contributed by atoms with Crippen molar-refractivity contribution in [2.24, 2.45) is 0 Å². The molecule has 106 valence electrons. The molecule has 0 bridgehead atoms. The van der Waals surface area contributed by atoms with Gasteiger partial charge in [-0.2, -0.15) is 12.1 Å². The van der Waals surface area contributed by atoms with Gasteiger partial charge in [0.05, 0.1) is 0 Å². The quantitative estimate of drug-likeness (QED) is 0.589. The van der Waals surface area contributed by atoms with E-state index in [4.69, 9.17) is 4.43 Å². The molecule has 0 aliphatic carbocycles. The first kappa shape index (κ1) is 17.4. The van der Waals surface area contributed by atoms with Gasteiger partial charge < -0.3 is 34.8 Å². The molecule has 1 nitrogen and oxygen atoms in total. The Bertz CT molecular complexity index is 356. The Kier molecular flexibility index (Phi) is 8.21. The molecule has 18 heavy (non-hydrogen) atoms. The Morgan fingerprint density at radius 3 is 1.67 bits per heavy atom. The summed E-state index contributed by atoms with van der Waals surface area (Å²) in [6, 6.07) is 18.3. The van der Waals surface area contributed by atoms with Gasteiger partial charge in [-0.15, -0.1) is 5.56 Å². The summed E-state index contributed by atoms with van der Waals surface area (Å²) in [5.74, 6) is 0. The standard InChI is InChI=1S/C10H17OSi.C5H5.Fe/c1-9(11-12(2,3)4)10-7-5-6-8-10;1-2-4-5-3-1;/h5-9H,1-4H3;1-5H;/q-1;-5;. The Labute approximate surface area is 123 Å². The largest absolute Gasteiger partial charge is 0.748 e. The summed E-state index contributed by atoms with van der Waals surface area (Å²) in [7, 11) is -1.38. The van der Waals surface area contributed by atoms with Crippen LogP contribution in [0.5, 0.6) is 0 Å². The minimum absolute atomic E-state index is 0. The molecule has 0 radical (unpaired) electrons. The smallest absolute Gasteiger partial charge is 0.182 e. The Balaban J connectivity index is 0.000000405. The van der Waals surface area contributed by atoms with Crippen molar-refractivity contribution in [2.75, 3.05) is 0 Å². The zero-order chi connectivity index (χ0) is 12.7. The summed E-state index contributed by atoms with van der Waals surface area (Å²) in [4.78, 5) is 0. The monoisotopic (exact) mass is 302 g/mol. The van der Waals surface area contributed by atoms with Gasteiger partial charge in [0.15, 0.2) is 8.32 Å². The van der Waals surface area contributed by atoms with Crippen LogP contribution in [-0.2, 0) is 21.5 Å². The van der Waals surface area contributed by atoms with Gasteiger partial charge >= 0.3 is 0 Å². The van der Waals surface area contributed by atoms with E-state index in [0.29, 0.717) is 0 Å². The van der Waals surface area contributed by atoms with E-state index in [1.165, 1.54) is 5.56 Å². The van der Waals surface area contributed by atoms with Crippen LogP contribution < -0.4 is 0 Å². The number of hydrogen-bond acceptors (Lipinski definition) is 1. The molecular formula is C15H22FeOSi-6. The van der Waals surface area contributed by atoms with E-state index in [1.807, 2.05) is 30.3 Å². The molecule has 0 aliphatic rings. The second-order valence-corrected chi connectivity index (χ2v) is 9.51. The van der Waals surface area contributed by atoms with Crippen molar-refractivity contribution < 1.29 is 21.5 Å². The molecule has 1 atom stereocenters. The molecule has 0 heterocycles. The summed E-state index contributed by atoms with van der Waals surface area (Å²) < 4.78 is 5.92. The molecule has 0 fully saturated rings. The summed E-state index contributed by atoms with van der Waals surface area (Å²) in [5, 5.41) is 0. The van der Waals surface area contributed by atoms with Gasteiger partial charge in [-0.05, 0) is 26.6 Å². The van der Waals surface area contributed by atoms with E-state index in [2.05, 4.69) is 50.8 Å². The van der Waals surface area contributed by atoms with E-state index in [0.717, 1.165) is 0 Å². The van der Waals surface area contributed by atoms with Crippen molar-refractivity contribution in [3.63, 3.8) is 0 Å². The SMILES string of the molecule is CC(O[Si](C)(C)C)[c-]1cccc1.[Fe].[cH-]1[cH-][cH-][cH-][cH-]1. The Hall–Kier alpha value is -0.604. The first-order chi connectivity index (χ1) is 7.99. The van der Waals surface area contributed by atoms with Crippen LogP contribution in [0.2, 0.25) is 19.6 Å². The van der Waals surface area contributed by atoms with Gasteiger partial charge in [0.25, 0.3) is 0 Å². The van der Waals surface area contributed by atoms with Gasteiger partial charge in [0.1, 0.15) is 0 Å². The second-order valence-electron chi connectivity index (χ2n) is 5.05. The summed E-state index contributed by atoms with van der Waals surface area (Å²) >= 11 is 0. The third-order valence-corrected chi connectivity index (χ3v) is 3.30. The Morgan fingerprint density at radius 2 is 1.33 bits per heavy atom. The molecule has 0 aliphatic heterocycles. The number of hydrogen-bond donors (Lipinski definition) is 0. The fourth-order valence-electron chi connectivity index (χ4n) is 1.58. The maximum absolute atomic E-state index is 5.92. The van der Waals surface area contributed by atoms with Gasteiger partial charge in [-0.3, -0.25) is 0 Å². The fraction of sp³-hybridized carbons (Fsp3) is 0.333. The third kappa shape index (κ3) is 7.67. The van der Waals surface area contributed by atoms with Crippen LogP contribution in [-0.4, -0.2) is 8.32 Å². The van der Waals surface area contributed by atoms with Crippen LogP contribution in [0, 0.1) is 0 Å².